The molecule has 1 rings (SSSR count). The van der Waals surface area contributed by atoms with Crippen LogP contribution in [0.25, 0.3) is 0 Å². The quantitative estimate of drug-likeness (QED) is 0.209. The minimum Gasteiger partial charge on any atom is -0.394 e. The predicted octanol–water partition coefficient (Wildman–Crippen LogP) is -5.55. The van der Waals surface area contributed by atoms with Crippen LogP contribution in [0.5, 0.6) is 0 Å². The minimum absolute atomic E-state index is 0.726. The number of carbonyl (C=O) groups is 1. The third-order valence-corrected chi connectivity index (χ3v) is 3.50. The number of aliphatic hydroxyl groups is 8. The van der Waals surface area contributed by atoms with Crippen LogP contribution in [0.2, 0.25) is 0 Å². The van der Waals surface area contributed by atoms with Crippen molar-refractivity contribution in [2.75, 3.05) is 19.8 Å². The number of hydrogen-bond acceptors (Lipinski definition) is 11. The van der Waals surface area contributed by atoms with E-state index in [1.165, 1.54) is 0 Å². The van der Waals surface area contributed by atoms with E-state index in [-0.39, 0.29) is 0 Å². The number of ketones is 1. The van der Waals surface area contributed by atoms with Crippen LogP contribution in [0.3, 0.4) is 0 Å². The second-order valence-corrected chi connectivity index (χ2v) is 5.12. The molecule has 23 heavy (non-hydrogen) atoms. The van der Waals surface area contributed by atoms with Gasteiger partial charge < -0.3 is 50.3 Å². The summed E-state index contributed by atoms with van der Waals surface area (Å²) in [6.07, 6.45) is -13.8. The Bertz CT molecular complexity index is 376. The van der Waals surface area contributed by atoms with Crippen LogP contribution in [0.1, 0.15) is 0 Å². The molecule has 8 atom stereocenters. The van der Waals surface area contributed by atoms with E-state index < -0.39 is 74.6 Å². The minimum atomic E-state index is -2.05. The molecule has 0 aromatic rings. The fraction of sp³-hybridized carbons (Fsp3) is 0.917. The molecule has 1 fully saturated rings. The molecule has 8 N–H and O–H groups in total. The maximum Gasteiger partial charge on any atom is 0.189 e. The average Bonchev–Trinajstić information content (AvgIpc) is 2.57. The lowest BCUT2D eigenvalue weighted by atomic mass is 9.98. The van der Waals surface area contributed by atoms with Gasteiger partial charge in [0.2, 0.25) is 0 Å². The maximum absolute atomic E-state index is 11.3. The number of Topliss-reactive ketones (excluding diaryl/α,β-unsaturated/α-hetero) is 1. The molecule has 1 heterocycles. The molecule has 0 aromatic heterocycles. The van der Waals surface area contributed by atoms with E-state index in [1.807, 2.05) is 0 Å². The molecular weight excluding hydrogens is 320 g/mol. The van der Waals surface area contributed by atoms with Crippen molar-refractivity contribution < 1.29 is 55.1 Å². The van der Waals surface area contributed by atoms with Crippen molar-refractivity contribution in [3.05, 3.63) is 0 Å². The van der Waals surface area contributed by atoms with Gasteiger partial charge in [-0.3, -0.25) is 4.79 Å². The highest BCUT2D eigenvalue weighted by molar-refractivity contribution is 5.84. The van der Waals surface area contributed by atoms with Gasteiger partial charge in [0, 0.05) is 0 Å². The molecule has 0 aliphatic carbocycles. The third-order valence-electron chi connectivity index (χ3n) is 3.50. The van der Waals surface area contributed by atoms with Crippen LogP contribution in [-0.4, -0.2) is 115 Å². The van der Waals surface area contributed by atoms with Gasteiger partial charge in [0.25, 0.3) is 0 Å². The van der Waals surface area contributed by atoms with Gasteiger partial charge in [0.15, 0.2) is 12.1 Å². The van der Waals surface area contributed by atoms with E-state index in [0.717, 1.165) is 0 Å². The van der Waals surface area contributed by atoms with E-state index in [9.17, 15) is 30.3 Å². The topological polar surface area (TPSA) is 197 Å². The van der Waals surface area contributed by atoms with Crippen molar-refractivity contribution in [2.24, 2.45) is 0 Å². The first kappa shape index (κ1) is 20.3. The van der Waals surface area contributed by atoms with Gasteiger partial charge in [0.05, 0.1) is 13.2 Å². The molecule has 136 valence electrons. The first-order valence-corrected chi connectivity index (χ1v) is 6.85. The summed E-state index contributed by atoms with van der Waals surface area (Å²) in [5.74, 6) is -1.12. The molecular formula is C12H22O11. The Balaban J connectivity index is 2.91. The third kappa shape index (κ3) is 4.64. The van der Waals surface area contributed by atoms with Crippen molar-refractivity contribution in [2.45, 2.75) is 49.0 Å². The fourth-order valence-electron chi connectivity index (χ4n) is 2.09. The first-order valence-electron chi connectivity index (χ1n) is 6.85. The molecule has 11 nitrogen and oxygen atoms in total. The second kappa shape index (κ2) is 8.94. The van der Waals surface area contributed by atoms with Crippen molar-refractivity contribution >= 4 is 5.78 Å². The van der Waals surface area contributed by atoms with Crippen molar-refractivity contribution in [1.29, 1.82) is 0 Å². The molecule has 1 aliphatic rings. The van der Waals surface area contributed by atoms with Crippen LogP contribution in [0.15, 0.2) is 0 Å². The van der Waals surface area contributed by atoms with Crippen LogP contribution in [0, 0.1) is 0 Å². The average molecular weight is 342 g/mol. The fourth-order valence-corrected chi connectivity index (χ4v) is 2.09. The first-order chi connectivity index (χ1) is 10.8. The summed E-state index contributed by atoms with van der Waals surface area (Å²) in [5.41, 5.74) is 0. The molecule has 1 aliphatic heterocycles. The van der Waals surface area contributed by atoms with Crippen molar-refractivity contribution in [1.82, 2.24) is 0 Å². The van der Waals surface area contributed by atoms with Crippen molar-refractivity contribution in [3.63, 3.8) is 0 Å². The number of aliphatic hydroxyl groups excluding tert-OH is 8. The van der Waals surface area contributed by atoms with Crippen LogP contribution < -0.4 is 0 Å². The molecule has 0 amide bonds. The van der Waals surface area contributed by atoms with Crippen LogP contribution in [0.4, 0.5) is 0 Å². The molecule has 0 spiro atoms. The normalized spacial score (nSPS) is 35.6. The SMILES string of the molecule is O=C(CO)[C@@H](O)[C@H](OC1O[C@H](CO)[C@@H](O)[C@H](O)[C@H]1O)[C@H](O)CO. The van der Waals surface area contributed by atoms with Crippen molar-refractivity contribution in [3.8, 4) is 0 Å². The Morgan fingerprint density at radius 2 is 1.65 bits per heavy atom. The highest BCUT2D eigenvalue weighted by Gasteiger charge is 2.46. The summed E-state index contributed by atoms with van der Waals surface area (Å²) in [6.45, 7) is -2.71. The molecule has 0 radical (unpaired) electrons. The zero-order valence-corrected chi connectivity index (χ0v) is 12.0. The molecule has 1 saturated heterocycles. The predicted molar refractivity (Wildman–Crippen MR) is 69.8 cm³/mol. The molecule has 1 unspecified atom stereocenters. The van der Waals surface area contributed by atoms with Gasteiger partial charge in [-0.05, 0) is 0 Å². The number of ether oxygens (including phenoxy) is 2. The summed E-state index contributed by atoms with van der Waals surface area (Å²) in [4.78, 5) is 11.3. The Kier molecular flexibility index (Phi) is 7.89. The molecule has 11 heteroatoms. The lowest BCUT2D eigenvalue weighted by Gasteiger charge is -2.41. The monoisotopic (exact) mass is 342 g/mol. The molecule has 0 aromatic carbocycles. The summed E-state index contributed by atoms with van der Waals surface area (Å²) < 4.78 is 10.1. The lowest BCUT2D eigenvalue weighted by molar-refractivity contribution is -0.323. The van der Waals surface area contributed by atoms with Gasteiger partial charge in [-0.2, -0.15) is 0 Å². The highest BCUT2D eigenvalue weighted by atomic mass is 16.7. The van der Waals surface area contributed by atoms with Gasteiger partial charge >= 0.3 is 0 Å². The molecule has 0 bridgehead atoms. The van der Waals surface area contributed by atoms with Gasteiger partial charge in [-0.1, -0.05) is 0 Å². The summed E-state index contributed by atoms with van der Waals surface area (Å²) in [6, 6.07) is 0. The smallest absolute Gasteiger partial charge is 0.189 e. The largest absolute Gasteiger partial charge is 0.394 e. The zero-order valence-electron chi connectivity index (χ0n) is 12.0. The summed E-state index contributed by atoms with van der Waals surface area (Å²) >= 11 is 0. The van der Waals surface area contributed by atoms with E-state index in [1.54, 1.807) is 0 Å². The van der Waals surface area contributed by atoms with Gasteiger partial charge in [0.1, 0.15) is 49.3 Å². The van der Waals surface area contributed by atoms with Crippen LogP contribution >= 0.6 is 0 Å². The highest BCUT2D eigenvalue weighted by Crippen LogP contribution is 2.24. The molecule has 0 saturated carbocycles. The van der Waals surface area contributed by atoms with Gasteiger partial charge in [-0.25, -0.2) is 0 Å². The Morgan fingerprint density at radius 1 is 1.04 bits per heavy atom. The van der Waals surface area contributed by atoms with E-state index in [2.05, 4.69) is 0 Å². The standard InChI is InChI=1S/C12H22O11/c13-1-4(16)7(18)11(5(17)2-14)23-12-10(21)9(20)8(19)6(3-15)22-12/h5-15,17-21H,1-3H2/t5-,6-,7-,8-,9+,10-,11-,12?/m1/s1. The number of hydrogen-bond donors (Lipinski definition) is 8. The van der Waals surface area contributed by atoms with Gasteiger partial charge in [-0.15, -0.1) is 0 Å². The Morgan fingerprint density at radius 3 is 2.13 bits per heavy atom. The van der Waals surface area contributed by atoms with Crippen LogP contribution in [-0.2, 0) is 14.3 Å². The van der Waals surface area contributed by atoms with E-state index in [0.29, 0.717) is 0 Å². The maximum atomic E-state index is 11.3. The summed E-state index contributed by atoms with van der Waals surface area (Å²) in [5, 5.41) is 75.1. The Hall–Kier alpha value is -0.730. The lowest BCUT2D eigenvalue weighted by Crippen LogP contribution is -2.61. The zero-order chi connectivity index (χ0) is 17.7. The second-order valence-electron chi connectivity index (χ2n) is 5.12. The Labute approximate surface area is 130 Å². The number of carbonyl (C=O) groups excluding carboxylic acids is 1. The van der Waals surface area contributed by atoms with E-state index in [4.69, 9.17) is 24.8 Å². The number of rotatable bonds is 8. The van der Waals surface area contributed by atoms with E-state index >= 15 is 0 Å². The summed E-state index contributed by atoms with van der Waals surface area (Å²) in [7, 11) is 0.